The van der Waals surface area contributed by atoms with Crippen LogP contribution in [0.25, 0.3) is 16.9 Å². The van der Waals surface area contributed by atoms with Gasteiger partial charge in [0.2, 0.25) is 0 Å². The fourth-order valence-electron chi connectivity index (χ4n) is 2.62. The summed E-state index contributed by atoms with van der Waals surface area (Å²) >= 11 is 9.54. The van der Waals surface area contributed by atoms with E-state index in [-0.39, 0.29) is 0 Å². The highest BCUT2D eigenvalue weighted by Gasteiger charge is 2.18. The van der Waals surface area contributed by atoms with Gasteiger partial charge in [0.15, 0.2) is 11.5 Å². The molecule has 2 aromatic carbocycles. The Kier molecular flexibility index (Phi) is 3.96. The van der Waals surface area contributed by atoms with E-state index in [0.29, 0.717) is 16.2 Å². The van der Waals surface area contributed by atoms with E-state index in [2.05, 4.69) is 37.4 Å². The molecule has 0 saturated carbocycles. The quantitative estimate of drug-likeness (QED) is 0.476. The molecule has 5 nitrogen and oxygen atoms in total. The molecule has 2 aromatic heterocycles. The van der Waals surface area contributed by atoms with Crippen molar-refractivity contribution in [1.82, 2.24) is 14.6 Å². The van der Waals surface area contributed by atoms with Crippen molar-refractivity contribution in [2.24, 2.45) is 0 Å². The number of H-pyrrole nitrogens is 1. The average Bonchev–Trinajstić information content (AvgIpc) is 3.17. The van der Waals surface area contributed by atoms with Gasteiger partial charge >= 0.3 is 0 Å². The Hall–Kier alpha value is -2.75. The minimum atomic E-state index is 0.482. The smallest absolute Gasteiger partial charge is 0.173 e. The minimum Gasteiger partial charge on any atom is -0.337 e. The second-order valence-corrected chi connectivity index (χ2v) is 6.67. The first-order valence-corrected chi connectivity index (χ1v) is 8.62. The number of rotatable bonds is 3. The van der Waals surface area contributed by atoms with Gasteiger partial charge in [0.25, 0.3) is 0 Å². The van der Waals surface area contributed by atoms with Crippen LogP contribution >= 0.6 is 27.5 Å². The Balaban J connectivity index is 1.92. The molecule has 2 N–H and O–H groups in total. The van der Waals surface area contributed by atoms with E-state index in [9.17, 15) is 5.26 Å². The largest absolute Gasteiger partial charge is 0.337 e. The number of halogens is 2. The first-order chi connectivity index (χ1) is 12.2. The van der Waals surface area contributed by atoms with E-state index in [0.717, 1.165) is 27.2 Å². The zero-order chi connectivity index (χ0) is 17.4. The maximum Gasteiger partial charge on any atom is 0.173 e. The molecule has 0 aliphatic rings. The summed E-state index contributed by atoms with van der Waals surface area (Å²) in [4.78, 5) is 4.66. The summed E-state index contributed by atoms with van der Waals surface area (Å²) < 4.78 is 2.70. The topological polar surface area (TPSA) is 68.9 Å². The van der Waals surface area contributed by atoms with E-state index >= 15 is 0 Å². The van der Waals surface area contributed by atoms with Crippen LogP contribution in [-0.2, 0) is 0 Å². The summed E-state index contributed by atoms with van der Waals surface area (Å²) in [5.41, 5.74) is 3.58. The molecule has 0 aliphatic heterocycles. The Labute approximate surface area is 157 Å². The zero-order valence-corrected chi connectivity index (χ0v) is 15.1. The number of nitriles is 1. The second-order valence-electron chi connectivity index (χ2n) is 5.38. The van der Waals surface area contributed by atoms with Gasteiger partial charge in [0.1, 0.15) is 17.3 Å². The van der Waals surface area contributed by atoms with Crippen LogP contribution in [-0.4, -0.2) is 14.6 Å². The number of anilines is 2. The van der Waals surface area contributed by atoms with Crippen LogP contribution in [0.3, 0.4) is 0 Å². The van der Waals surface area contributed by atoms with Crippen molar-refractivity contribution in [2.45, 2.75) is 0 Å². The van der Waals surface area contributed by atoms with Crippen molar-refractivity contribution < 1.29 is 0 Å². The number of aromatic nitrogens is 3. The molecule has 0 fully saturated rings. The summed E-state index contributed by atoms with van der Waals surface area (Å²) in [5.74, 6) is 0.741. The van der Waals surface area contributed by atoms with Crippen LogP contribution in [0.2, 0.25) is 5.02 Å². The van der Waals surface area contributed by atoms with Crippen LogP contribution < -0.4 is 5.32 Å². The van der Waals surface area contributed by atoms with Gasteiger partial charge in [-0.1, -0.05) is 35.9 Å². The number of fused-ring (bicyclic) bond motifs is 1. The molecular formula is C18H11BrClN5. The predicted molar refractivity (Wildman–Crippen MR) is 102 cm³/mol. The third-order valence-electron chi connectivity index (χ3n) is 3.82. The van der Waals surface area contributed by atoms with Crippen LogP contribution in [0.15, 0.2) is 59.2 Å². The van der Waals surface area contributed by atoms with Crippen molar-refractivity contribution in [3.63, 3.8) is 0 Å². The summed E-state index contributed by atoms with van der Waals surface area (Å²) in [6.45, 7) is 0. The molecule has 0 atom stereocenters. The maximum absolute atomic E-state index is 9.30. The summed E-state index contributed by atoms with van der Waals surface area (Å²) in [6.07, 6.45) is 1.64. The predicted octanol–water partition coefficient (Wildman–Crippen LogP) is 5.36. The lowest BCUT2D eigenvalue weighted by molar-refractivity contribution is 0.980. The Morgan fingerprint density at radius 3 is 2.64 bits per heavy atom. The summed E-state index contributed by atoms with van der Waals surface area (Å²) in [7, 11) is 0. The van der Waals surface area contributed by atoms with Gasteiger partial charge in [0, 0.05) is 21.3 Å². The third kappa shape index (κ3) is 2.78. The maximum atomic E-state index is 9.30. The highest BCUT2D eigenvalue weighted by atomic mass is 79.9. The van der Waals surface area contributed by atoms with Crippen LogP contribution in [0, 0.1) is 11.3 Å². The van der Waals surface area contributed by atoms with Crippen LogP contribution in [0.5, 0.6) is 0 Å². The normalized spacial score (nSPS) is 10.8. The first kappa shape index (κ1) is 15.8. The average molecular weight is 413 g/mol. The van der Waals surface area contributed by atoms with Gasteiger partial charge in [-0.2, -0.15) is 5.26 Å². The molecule has 0 amide bonds. The molecule has 7 heteroatoms. The van der Waals surface area contributed by atoms with Gasteiger partial charge in [-0.3, -0.25) is 5.10 Å². The summed E-state index contributed by atoms with van der Waals surface area (Å²) in [6, 6.07) is 17.4. The number of hydrogen-bond donors (Lipinski definition) is 2. The van der Waals surface area contributed by atoms with Crippen LogP contribution in [0.1, 0.15) is 5.56 Å². The molecule has 4 rings (SSSR count). The first-order valence-electron chi connectivity index (χ1n) is 7.45. The zero-order valence-electron chi connectivity index (χ0n) is 12.8. The number of nitrogens with zero attached hydrogens (tertiary/aromatic N) is 3. The second kappa shape index (κ2) is 6.28. The highest BCUT2D eigenvalue weighted by molar-refractivity contribution is 9.10. The van der Waals surface area contributed by atoms with Crippen molar-refractivity contribution in [2.75, 3.05) is 5.32 Å². The van der Waals surface area contributed by atoms with Crippen molar-refractivity contribution >= 4 is 44.7 Å². The standard InChI is InChI=1S/C18H11BrClN5/c19-14-3-1-2-4-15(14)23-18-16(11-5-7-13(20)8-6-11)24-17-12(9-21)10-22-25(17)18/h1-8,10,22-23H. The van der Waals surface area contributed by atoms with Crippen molar-refractivity contribution in [3.8, 4) is 17.3 Å². The van der Waals surface area contributed by atoms with E-state index < -0.39 is 0 Å². The fourth-order valence-corrected chi connectivity index (χ4v) is 3.13. The van der Waals surface area contributed by atoms with Crippen molar-refractivity contribution in [1.29, 1.82) is 5.26 Å². The van der Waals surface area contributed by atoms with Crippen molar-refractivity contribution in [3.05, 3.63) is 69.8 Å². The molecule has 0 aliphatic carbocycles. The molecule has 2 heterocycles. The Bertz CT molecular complexity index is 1100. The third-order valence-corrected chi connectivity index (χ3v) is 4.76. The lowest BCUT2D eigenvalue weighted by atomic mass is 10.1. The molecule has 0 unspecified atom stereocenters. The molecular weight excluding hydrogens is 402 g/mol. The Morgan fingerprint density at radius 1 is 1.16 bits per heavy atom. The van der Waals surface area contributed by atoms with E-state index in [4.69, 9.17) is 11.6 Å². The Morgan fingerprint density at radius 2 is 1.92 bits per heavy atom. The number of hydrogen-bond acceptors (Lipinski definition) is 3. The summed E-state index contributed by atoms with van der Waals surface area (Å²) in [5, 5.41) is 16.4. The van der Waals surface area contributed by atoms with E-state index in [1.165, 1.54) is 0 Å². The molecule has 122 valence electrons. The molecule has 0 bridgehead atoms. The number of imidazole rings is 1. The lowest BCUT2D eigenvalue weighted by Gasteiger charge is -2.09. The van der Waals surface area contributed by atoms with Gasteiger partial charge in [0.05, 0.1) is 5.69 Å². The monoisotopic (exact) mass is 411 g/mol. The van der Waals surface area contributed by atoms with Crippen LogP contribution in [0.4, 0.5) is 11.5 Å². The number of nitrogens with one attached hydrogen (secondary N) is 2. The number of aromatic amines is 1. The van der Waals surface area contributed by atoms with Gasteiger partial charge in [-0.15, -0.1) is 0 Å². The molecule has 0 saturated heterocycles. The minimum absolute atomic E-state index is 0.482. The number of para-hydroxylation sites is 1. The molecule has 0 radical (unpaired) electrons. The van der Waals surface area contributed by atoms with Gasteiger partial charge in [-0.25, -0.2) is 9.50 Å². The molecule has 4 aromatic rings. The van der Waals surface area contributed by atoms with Gasteiger partial charge in [-0.05, 0) is 40.2 Å². The molecule has 25 heavy (non-hydrogen) atoms. The van der Waals surface area contributed by atoms with Gasteiger partial charge < -0.3 is 5.32 Å². The van der Waals surface area contributed by atoms with E-state index in [1.54, 1.807) is 10.7 Å². The fraction of sp³-hybridized carbons (Fsp3) is 0. The highest BCUT2D eigenvalue weighted by Crippen LogP contribution is 2.34. The number of benzene rings is 2. The lowest BCUT2D eigenvalue weighted by Crippen LogP contribution is -1.98. The van der Waals surface area contributed by atoms with E-state index in [1.807, 2.05) is 48.5 Å². The molecule has 0 spiro atoms. The SMILES string of the molecule is N#Cc1c[nH]n2c(Nc3ccccc3Br)c(-c3ccc(Cl)cc3)nc12.